The molecule has 2 N–H and O–H groups in total. The van der Waals surface area contributed by atoms with E-state index >= 15 is 0 Å². The minimum absolute atomic E-state index is 0.0499. The highest BCUT2D eigenvalue weighted by molar-refractivity contribution is 5.99. The summed E-state index contributed by atoms with van der Waals surface area (Å²) in [5.41, 5.74) is 7.05. The Morgan fingerprint density at radius 1 is 1.36 bits per heavy atom. The van der Waals surface area contributed by atoms with Gasteiger partial charge in [0.25, 0.3) is 5.91 Å². The van der Waals surface area contributed by atoms with Gasteiger partial charge in [-0.1, -0.05) is 12.1 Å². The van der Waals surface area contributed by atoms with Crippen LogP contribution in [0.3, 0.4) is 0 Å². The lowest BCUT2D eigenvalue weighted by Gasteiger charge is -2.33. The summed E-state index contributed by atoms with van der Waals surface area (Å²) in [6.07, 6.45) is 4.76. The van der Waals surface area contributed by atoms with E-state index in [9.17, 15) is 4.79 Å². The van der Waals surface area contributed by atoms with Crippen molar-refractivity contribution in [3.63, 3.8) is 0 Å². The number of hydrogen-bond donors (Lipinski definition) is 1. The third-order valence-corrected chi connectivity index (χ3v) is 4.64. The molecule has 2 aliphatic heterocycles. The molecule has 25 heavy (non-hydrogen) atoms. The first-order valence-electron chi connectivity index (χ1n) is 8.84. The van der Waals surface area contributed by atoms with E-state index in [1.807, 2.05) is 29.2 Å². The quantitative estimate of drug-likeness (QED) is 0.796. The molecular weight excluding hydrogens is 320 g/mol. The predicted molar refractivity (Wildman–Crippen MR) is 95.7 cm³/mol. The Kier molecular flexibility index (Phi) is 5.94. The number of carbonyl (C=O) groups excluding carboxylic acids is 1. The van der Waals surface area contributed by atoms with E-state index < -0.39 is 0 Å². The standard InChI is InChI=1S/C19H26N2O4/c1-23-17-5-2-4-14-12-15(13-25-18(14)17)19(22)21-9-6-16(7-10-21)24-11-3-8-20/h2,4-5,12,16H,3,6-11,13,20H2,1H3. The third-order valence-electron chi connectivity index (χ3n) is 4.64. The Balaban J connectivity index is 1.60. The second-order valence-electron chi connectivity index (χ2n) is 6.34. The van der Waals surface area contributed by atoms with E-state index in [-0.39, 0.29) is 18.6 Å². The molecule has 6 nitrogen and oxygen atoms in total. The summed E-state index contributed by atoms with van der Waals surface area (Å²) < 4.78 is 16.9. The van der Waals surface area contributed by atoms with Crippen LogP contribution in [0.15, 0.2) is 23.8 Å². The normalized spacial score (nSPS) is 17.5. The number of rotatable bonds is 6. The van der Waals surface area contributed by atoms with Gasteiger partial charge in [-0.2, -0.15) is 0 Å². The highest BCUT2D eigenvalue weighted by atomic mass is 16.5. The zero-order chi connectivity index (χ0) is 17.6. The number of nitrogens with two attached hydrogens (primary N) is 1. The second-order valence-corrected chi connectivity index (χ2v) is 6.34. The van der Waals surface area contributed by atoms with Crippen LogP contribution in [0.25, 0.3) is 6.08 Å². The SMILES string of the molecule is COc1cccc2c1OCC(C(=O)N1CCC(OCCCN)CC1)=C2. The maximum atomic E-state index is 12.8. The first-order valence-corrected chi connectivity index (χ1v) is 8.84. The van der Waals surface area contributed by atoms with Crippen molar-refractivity contribution >= 4 is 12.0 Å². The molecule has 0 spiro atoms. The van der Waals surface area contributed by atoms with E-state index in [0.717, 1.165) is 24.8 Å². The van der Waals surface area contributed by atoms with Crippen LogP contribution in [0.2, 0.25) is 0 Å². The number of likely N-dealkylation sites (tertiary alicyclic amines) is 1. The van der Waals surface area contributed by atoms with Crippen LogP contribution >= 0.6 is 0 Å². The molecule has 2 aliphatic rings. The van der Waals surface area contributed by atoms with Crippen molar-refractivity contribution in [3.8, 4) is 11.5 Å². The predicted octanol–water partition coefficient (Wildman–Crippen LogP) is 1.83. The monoisotopic (exact) mass is 346 g/mol. The maximum Gasteiger partial charge on any atom is 0.253 e. The van der Waals surface area contributed by atoms with Gasteiger partial charge < -0.3 is 24.8 Å². The summed E-state index contributed by atoms with van der Waals surface area (Å²) in [7, 11) is 1.61. The molecule has 0 aromatic heterocycles. The third kappa shape index (κ3) is 4.14. The van der Waals surface area contributed by atoms with Gasteiger partial charge in [-0.15, -0.1) is 0 Å². The Morgan fingerprint density at radius 3 is 2.88 bits per heavy atom. The highest BCUT2D eigenvalue weighted by Crippen LogP contribution is 2.35. The minimum Gasteiger partial charge on any atom is -0.493 e. The van der Waals surface area contributed by atoms with Crippen LogP contribution < -0.4 is 15.2 Å². The van der Waals surface area contributed by atoms with E-state index in [4.69, 9.17) is 19.9 Å². The molecule has 0 saturated carbocycles. The molecule has 1 aromatic carbocycles. The van der Waals surface area contributed by atoms with E-state index in [1.54, 1.807) is 7.11 Å². The van der Waals surface area contributed by atoms with Gasteiger partial charge in [-0.25, -0.2) is 0 Å². The lowest BCUT2D eigenvalue weighted by Crippen LogP contribution is -2.42. The topological polar surface area (TPSA) is 74.0 Å². The molecule has 6 heteroatoms. The number of benzene rings is 1. The van der Waals surface area contributed by atoms with Gasteiger partial charge >= 0.3 is 0 Å². The van der Waals surface area contributed by atoms with Gasteiger partial charge in [0.1, 0.15) is 6.61 Å². The number of hydrogen-bond acceptors (Lipinski definition) is 5. The van der Waals surface area contributed by atoms with Crippen molar-refractivity contribution in [1.29, 1.82) is 0 Å². The summed E-state index contributed by atoms with van der Waals surface area (Å²) in [4.78, 5) is 14.7. The summed E-state index contributed by atoms with van der Waals surface area (Å²) in [5.74, 6) is 1.44. The van der Waals surface area contributed by atoms with Crippen LogP contribution in [0, 0.1) is 0 Å². The molecule has 1 fully saturated rings. The number of nitrogens with zero attached hydrogens (tertiary/aromatic N) is 1. The smallest absolute Gasteiger partial charge is 0.253 e. The number of fused-ring (bicyclic) bond motifs is 1. The fraction of sp³-hybridized carbons (Fsp3) is 0.526. The average molecular weight is 346 g/mol. The molecule has 136 valence electrons. The van der Waals surface area contributed by atoms with E-state index in [1.165, 1.54) is 0 Å². The summed E-state index contributed by atoms with van der Waals surface area (Å²) >= 11 is 0. The molecule has 1 saturated heterocycles. The molecular formula is C19H26N2O4. The van der Waals surface area contributed by atoms with Gasteiger partial charge in [-0.3, -0.25) is 4.79 Å². The molecule has 2 heterocycles. The lowest BCUT2D eigenvalue weighted by molar-refractivity contribution is -0.130. The van der Waals surface area contributed by atoms with Gasteiger partial charge in [0.2, 0.25) is 0 Å². The first-order chi connectivity index (χ1) is 12.2. The fourth-order valence-electron chi connectivity index (χ4n) is 3.23. The first kappa shape index (κ1) is 17.8. The minimum atomic E-state index is 0.0499. The van der Waals surface area contributed by atoms with E-state index in [0.29, 0.717) is 43.3 Å². The summed E-state index contributed by atoms with van der Waals surface area (Å²) in [5, 5.41) is 0. The second kappa shape index (κ2) is 8.36. The molecule has 3 rings (SSSR count). The molecule has 0 radical (unpaired) electrons. The van der Waals surface area contributed by atoms with Crippen LogP contribution in [-0.4, -0.2) is 56.9 Å². The fourth-order valence-corrected chi connectivity index (χ4v) is 3.23. The Bertz CT molecular complexity index is 636. The van der Waals surface area contributed by atoms with Crippen molar-refractivity contribution in [2.45, 2.75) is 25.4 Å². The van der Waals surface area contributed by atoms with Crippen LogP contribution in [0.4, 0.5) is 0 Å². The van der Waals surface area contributed by atoms with Gasteiger partial charge in [0.15, 0.2) is 11.5 Å². The van der Waals surface area contributed by atoms with Crippen molar-refractivity contribution in [2.24, 2.45) is 5.73 Å². The van der Waals surface area contributed by atoms with Crippen molar-refractivity contribution in [1.82, 2.24) is 4.90 Å². The zero-order valence-electron chi connectivity index (χ0n) is 14.7. The Hall–Kier alpha value is -2.05. The number of ether oxygens (including phenoxy) is 3. The van der Waals surface area contributed by atoms with Gasteiger partial charge in [0.05, 0.1) is 18.8 Å². The van der Waals surface area contributed by atoms with Crippen LogP contribution in [0.1, 0.15) is 24.8 Å². The molecule has 0 aliphatic carbocycles. The van der Waals surface area contributed by atoms with Gasteiger partial charge in [0, 0.05) is 25.3 Å². The Labute approximate surface area is 148 Å². The number of piperidine rings is 1. The lowest BCUT2D eigenvalue weighted by atomic mass is 10.0. The number of methoxy groups -OCH3 is 1. The molecule has 0 bridgehead atoms. The molecule has 0 unspecified atom stereocenters. The number of carbonyl (C=O) groups is 1. The van der Waals surface area contributed by atoms with Crippen molar-refractivity contribution < 1.29 is 19.0 Å². The molecule has 0 atom stereocenters. The highest BCUT2D eigenvalue weighted by Gasteiger charge is 2.27. The van der Waals surface area contributed by atoms with Gasteiger partial charge in [-0.05, 0) is 37.9 Å². The molecule has 1 amide bonds. The Morgan fingerprint density at radius 2 is 2.16 bits per heavy atom. The maximum absolute atomic E-state index is 12.8. The van der Waals surface area contributed by atoms with E-state index in [2.05, 4.69) is 0 Å². The largest absolute Gasteiger partial charge is 0.493 e. The zero-order valence-corrected chi connectivity index (χ0v) is 14.7. The number of amides is 1. The van der Waals surface area contributed by atoms with Crippen LogP contribution in [0.5, 0.6) is 11.5 Å². The molecule has 1 aromatic rings. The van der Waals surface area contributed by atoms with Crippen LogP contribution in [-0.2, 0) is 9.53 Å². The summed E-state index contributed by atoms with van der Waals surface area (Å²) in [6.45, 7) is 3.06. The summed E-state index contributed by atoms with van der Waals surface area (Å²) in [6, 6.07) is 5.69. The van der Waals surface area contributed by atoms with Crippen molar-refractivity contribution in [2.75, 3.05) is 40.0 Å². The average Bonchev–Trinajstić information content (AvgIpc) is 2.67. The number of para-hydroxylation sites is 1. The van der Waals surface area contributed by atoms with Crippen molar-refractivity contribution in [3.05, 3.63) is 29.3 Å².